The number of fused-ring (bicyclic) bond motifs is 4. The van der Waals surface area contributed by atoms with Crippen molar-refractivity contribution in [2.24, 2.45) is 0 Å². The first-order chi connectivity index (χ1) is 18.5. The van der Waals surface area contributed by atoms with Gasteiger partial charge in [-0.1, -0.05) is 24.3 Å². The molecule has 2 fully saturated rings. The van der Waals surface area contributed by atoms with Crippen LogP contribution < -0.4 is 10.1 Å². The van der Waals surface area contributed by atoms with Crippen molar-refractivity contribution in [1.82, 2.24) is 29.9 Å². The van der Waals surface area contributed by atoms with E-state index in [1.165, 1.54) is 5.56 Å². The van der Waals surface area contributed by atoms with E-state index in [9.17, 15) is 14.4 Å². The molecule has 10 heteroatoms. The number of hydrogen-bond acceptors (Lipinski definition) is 7. The van der Waals surface area contributed by atoms with Crippen molar-refractivity contribution in [3.05, 3.63) is 71.3 Å². The monoisotopic (exact) mass is 512 g/mol. The number of benzene rings is 2. The van der Waals surface area contributed by atoms with Crippen LogP contribution in [-0.2, 0) is 28.1 Å². The van der Waals surface area contributed by atoms with Gasteiger partial charge in [-0.2, -0.15) is 0 Å². The van der Waals surface area contributed by atoms with Crippen molar-refractivity contribution < 1.29 is 19.1 Å². The molecule has 4 aliphatic heterocycles. The van der Waals surface area contributed by atoms with Gasteiger partial charge in [-0.15, -0.1) is 5.10 Å². The van der Waals surface area contributed by atoms with Gasteiger partial charge < -0.3 is 9.64 Å². The molecule has 2 saturated heterocycles. The molecule has 7 rings (SSSR count). The maximum atomic E-state index is 13.2. The number of piperidine rings is 2. The second-order valence-corrected chi connectivity index (χ2v) is 10.7. The van der Waals surface area contributed by atoms with Crippen LogP contribution in [0.25, 0.3) is 5.69 Å². The molecule has 0 radical (unpaired) electrons. The van der Waals surface area contributed by atoms with Gasteiger partial charge in [-0.25, -0.2) is 9.67 Å². The minimum Gasteiger partial charge on any atom is -0.492 e. The topological polar surface area (TPSA) is 110 Å². The lowest BCUT2D eigenvalue weighted by molar-refractivity contribution is -0.136. The van der Waals surface area contributed by atoms with Gasteiger partial charge in [-0.05, 0) is 50.6 Å². The van der Waals surface area contributed by atoms with E-state index >= 15 is 0 Å². The molecule has 5 heterocycles. The Hall–Kier alpha value is -4.05. The number of amides is 3. The molecule has 10 nitrogen and oxygen atoms in total. The van der Waals surface area contributed by atoms with E-state index in [2.05, 4.69) is 20.3 Å². The number of likely N-dealkylation sites (tertiary alicyclic amines) is 1. The SMILES string of the molecule is O=C1CCC(N2Cc3c(ccc4c3OCC43CCN(Cc4ncn(-c5ccccc5)n4)CC3)C2=O)C(=O)N1. The van der Waals surface area contributed by atoms with E-state index in [-0.39, 0.29) is 23.7 Å². The average molecular weight is 513 g/mol. The predicted molar refractivity (Wildman–Crippen MR) is 136 cm³/mol. The summed E-state index contributed by atoms with van der Waals surface area (Å²) >= 11 is 0. The highest BCUT2D eigenvalue weighted by atomic mass is 16.5. The molecule has 1 unspecified atom stereocenters. The van der Waals surface area contributed by atoms with Crippen LogP contribution in [0.15, 0.2) is 48.8 Å². The van der Waals surface area contributed by atoms with Crippen LogP contribution in [0, 0.1) is 0 Å². The smallest absolute Gasteiger partial charge is 0.255 e. The van der Waals surface area contributed by atoms with E-state index in [0.29, 0.717) is 31.7 Å². The number of hydrogen-bond donors (Lipinski definition) is 1. The summed E-state index contributed by atoms with van der Waals surface area (Å²) < 4.78 is 8.10. The van der Waals surface area contributed by atoms with Crippen molar-refractivity contribution in [2.45, 2.75) is 50.2 Å². The molecule has 1 spiro atoms. The van der Waals surface area contributed by atoms with Crippen LogP contribution in [0.4, 0.5) is 0 Å². The standard InChI is InChI=1S/C28H28N6O4/c35-24-9-8-22(26(36)30-24)33-14-20-19(27(33)37)6-7-21-25(20)38-16-28(21)10-12-32(13-11-28)15-23-29-17-34(31-23)18-4-2-1-3-5-18/h1-7,17,22H,8-16H2,(H,30,35,36). The van der Waals surface area contributed by atoms with Gasteiger partial charge in [0.05, 0.1) is 25.4 Å². The van der Waals surface area contributed by atoms with E-state index in [0.717, 1.165) is 48.8 Å². The van der Waals surface area contributed by atoms with Crippen LogP contribution in [-0.4, -0.2) is 68.0 Å². The molecule has 3 amide bonds. The van der Waals surface area contributed by atoms with Crippen molar-refractivity contribution in [1.29, 1.82) is 0 Å². The Morgan fingerprint density at radius 3 is 2.66 bits per heavy atom. The van der Waals surface area contributed by atoms with Crippen LogP contribution >= 0.6 is 0 Å². The number of rotatable bonds is 4. The quantitative estimate of drug-likeness (QED) is 0.532. The maximum absolute atomic E-state index is 13.2. The van der Waals surface area contributed by atoms with Gasteiger partial charge in [0.15, 0.2) is 5.82 Å². The molecular formula is C28H28N6O4. The number of ether oxygens (including phenoxy) is 1. The van der Waals surface area contributed by atoms with Crippen molar-refractivity contribution in [3.63, 3.8) is 0 Å². The zero-order chi connectivity index (χ0) is 25.9. The fraction of sp³-hybridized carbons (Fsp3) is 0.393. The third-order valence-electron chi connectivity index (χ3n) is 8.47. The Kier molecular flexibility index (Phi) is 5.33. The Bertz CT molecular complexity index is 1440. The molecule has 3 aromatic rings. The fourth-order valence-corrected chi connectivity index (χ4v) is 6.31. The van der Waals surface area contributed by atoms with Crippen molar-refractivity contribution in [3.8, 4) is 11.4 Å². The van der Waals surface area contributed by atoms with Crippen molar-refractivity contribution >= 4 is 17.7 Å². The Morgan fingerprint density at radius 1 is 1.05 bits per heavy atom. The second kappa shape index (κ2) is 8.76. The third-order valence-corrected chi connectivity index (χ3v) is 8.47. The Balaban J connectivity index is 1.05. The Morgan fingerprint density at radius 2 is 1.87 bits per heavy atom. The average Bonchev–Trinajstić information content (AvgIpc) is 3.63. The summed E-state index contributed by atoms with van der Waals surface area (Å²) in [7, 11) is 0. The molecule has 1 N–H and O–H groups in total. The normalized spacial score (nSPS) is 22.4. The number of para-hydroxylation sites is 1. The Labute approximate surface area is 219 Å². The van der Waals surface area contributed by atoms with Crippen molar-refractivity contribution in [2.75, 3.05) is 19.7 Å². The first kappa shape index (κ1) is 23.1. The molecule has 1 aromatic heterocycles. The summed E-state index contributed by atoms with van der Waals surface area (Å²) in [6.07, 6.45) is 4.25. The molecular weight excluding hydrogens is 484 g/mol. The van der Waals surface area contributed by atoms with E-state index in [4.69, 9.17) is 4.74 Å². The van der Waals surface area contributed by atoms with Crippen LogP contribution in [0.2, 0.25) is 0 Å². The third kappa shape index (κ3) is 3.70. The van der Waals surface area contributed by atoms with E-state index in [1.807, 2.05) is 47.1 Å². The molecule has 1 atom stereocenters. The van der Waals surface area contributed by atoms with Gasteiger partial charge in [0, 0.05) is 28.5 Å². The number of nitrogens with one attached hydrogen (secondary N) is 1. The van der Waals surface area contributed by atoms with Crippen LogP contribution in [0.1, 0.15) is 53.0 Å². The van der Waals surface area contributed by atoms with Gasteiger partial charge in [0.1, 0.15) is 18.1 Å². The van der Waals surface area contributed by atoms with Crippen LogP contribution in [0.5, 0.6) is 5.75 Å². The first-order valence-electron chi connectivity index (χ1n) is 13.1. The number of carbonyl (C=O) groups excluding carboxylic acids is 3. The van der Waals surface area contributed by atoms with E-state index in [1.54, 1.807) is 11.2 Å². The molecule has 2 aromatic carbocycles. The summed E-state index contributed by atoms with van der Waals surface area (Å²) in [5.74, 6) is 0.763. The highest BCUT2D eigenvalue weighted by molar-refractivity contribution is 6.05. The molecule has 194 valence electrons. The number of nitrogens with zero attached hydrogens (tertiary/aromatic N) is 5. The number of imide groups is 1. The lowest BCUT2D eigenvalue weighted by atomic mass is 9.74. The summed E-state index contributed by atoms with van der Waals surface area (Å²) in [5, 5.41) is 7.02. The lowest BCUT2D eigenvalue weighted by Gasteiger charge is -2.38. The second-order valence-electron chi connectivity index (χ2n) is 10.7. The first-order valence-corrected chi connectivity index (χ1v) is 13.1. The zero-order valence-corrected chi connectivity index (χ0v) is 20.9. The largest absolute Gasteiger partial charge is 0.492 e. The molecule has 0 bridgehead atoms. The predicted octanol–water partition coefficient (Wildman–Crippen LogP) is 1.95. The zero-order valence-electron chi connectivity index (χ0n) is 20.9. The number of aromatic nitrogens is 3. The summed E-state index contributed by atoms with van der Waals surface area (Å²) in [5.41, 5.74) is 3.55. The lowest BCUT2D eigenvalue weighted by Crippen LogP contribution is -2.52. The van der Waals surface area contributed by atoms with Gasteiger partial charge in [-0.3, -0.25) is 24.6 Å². The summed E-state index contributed by atoms with van der Waals surface area (Å²) in [6.45, 7) is 3.44. The van der Waals surface area contributed by atoms with Gasteiger partial charge in [0.2, 0.25) is 11.8 Å². The van der Waals surface area contributed by atoms with Crippen LogP contribution in [0.3, 0.4) is 0 Å². The van der Waals surface area contributed by atoms with Gasteiger partial charge in [0.25, 0.3) is 5.91 Å². The maximum Gasteiger partial charge on any atom is 0.255 e. The summed E-state index contributed by atoms with van der Waals surface area (Å²) in [4.78, 5) is 45.7. The minimum atomic E-state index is -0.624. The van der Waals surface area contributed by atoms with Gasteiger partial charge >= 0.3 is 0 Å². The molecule has 4 aliphatic rings. The molecule has 0 aliphatic carbocycles. The molecule has 0 saturated carbocycles. The highest BCUT2D eigenvalue weighted by Gasteiger charge is 2.47. The van der Waals surface area contributed by atoms with E-state index < -0.39 is 11.9 Å². The summed E-state index contributed by atoms with van der Waals surface area (Å²) in [6, 6.07) is 13.3. The fourth-order valence-electron chi connectivity index (χ4n) is 6.31. The molecule has 38 heavy (non-hydrogen) atoms. The number of carbonyl (C=O) groups is 3. The minimum absolute atomic E-state index is 0.0806. The highest BCUT2D eigenvalue weighted by Crippen LogP contribution is 2.49.